The summed E-state index contributed by atoms with van der Waals surface area (Å²) in [5, 5.41) is 10.2. The van der Waals surface area contributed by atoms with Crippen LogP contribution in [0.5, 0.6) is 0 Å². The fourth-order valence-electron chi connectivity index (χ4n) is 3.02. The molecule has 0 aromatic carbocycles. The van der Waals surface area contributed by atoms with Crippen LogP contribution < -0.4 is 10.2 Å². The van der Waals surface area contributed by atoms with Gasteiger partial charge in [0.1, 0.15) is 6.10 Å². The van der Waals surface area contributed by atoms with Gasteiger partial charge in [-0.2, -0.15) is 5.10 Å². The Labute approximate surface area is 159 Å². The highest BCUT2D eigenvalue weighted by atomic mass is 16.5. The largest absolute Gasteiger partial charge is 0.368 e. The van der Waals surface area contributed by atoms with E-state index in [-0.39, 0.29) is 18.2 Å². The molecule has 2 unspecified atom stereocenters. The molecule has 27 heavy (non-hydrogen) atoms. The predicted octanol–water partition coefficient (Wildman–Crippen LogP) is 1.29. The van der Waals surface area contributed by atoms with Crippen molar-refractivity contribution in [2.24, 2.45) is 0 Å². The third kappa shape index (κ3) is 4.94. The fourth-order valence-corrected chi connectivity index (χ4v) is 3.02. The zero-order valence-electron chi connectivity index (χ0n) is 16.3. The van der Waals surface area contributed by atoms with Crippen molar-refractivity contribution in [2.45, 2.75) is 32.4 Å². The Bertz CT molecular complexity index is 777. The van der Waals surface area contributed by atoms with E-state index in [9.17, 15) is 4.79 Å². The van der Waals surface area contributed by atoms with Crippen molar-refractivity contribution < 1.29 is 9.53 Å². The lowest BCUT2D eigenvalue weighted by atomic mass is 10.1. The number of nitrogens with zero attached hydrogens (tertiary/aromatic N) is 5. The summed E-state index contributed by atoms with van der Waals surface area (Å²) in [5.74, 6) is 0.626. The first-order valence-corrected chi connectivity index (χ1v) is 9.10. The Balaban J connectivity index is 1.58. The molecule has 1 aliphatic heterocycles. The maximum Gasteiger partial charge on any atom is 0.317 e. The van der Waals surface area contributed by atoms with Crippen LogP contribution in [0.3, 0.4) is 0 Å². The number of ether oxygens (including phenoxy) is 1. The Morgan fingerprint density at radius 1 is 1.52 bits per heavy atom. The van der Waals surface area contributed by atoms with Crippen LogP contribution in [-0.4, -0.2) is 70.9 Å². The van der Waals surface area contributed by atoms with E-state index in [0.717, 1.165) is 17.1 Å². The zero-order chi connectivity index (χ0) is 19.4. The number of carbonyl (C=O) groups is 1. The highest BCUT2D eigenvalue weighted by molar-refractivity contribution is 5.74. The second-order valence-electron chi connectivity index (χ2n) is 7.08. The standard InChI is InChI=1S/C18H27N7O2/c1-12(9-14-10-13(2)22-23-14)20-18(26)25-7-8-27-16(11-25)15-5-6-19-17(21-15)24(3)4/h5-6,10,12,16H,7-9,11H2,1-4H3,(H,20,26)(H,22,23). The second-order valence-corrected chi connectivity index (χ2v) is 7.08. The van der Waals surface area contributed by atoms with Crippen LogP contribution >= 0.6 is 0 Å². The minimum absolute atomic E-state index is 0.0131. The lowest BCUT2D eigenvalue weighted by Crippen LogP contribution is -2.49. The number of carbonyl (C=O) groups excluding carboxylic acids is 1. The van der Waals surface area contributed by atoms with Gasteiger partial charge in [0.15, 0.2) is 0 Å². The van der Waals surface area contributed by atoms with Crippen LogP contribution in [0, 0.1) is 6.92 Å². The summed E-state index contributed by atoms with van der Waals surface area (Å²) in [6.07, 6.45) is 2.14. The van der Waals surface area contributed by atoms with Gasteiger partial charge in [-0.25, -0.2) is 14.8 Å². The molecule has 3 heterocycles. The number of nitrogens with one attached hydrogen (secondary N) is 2. The minimum Gasteiger partial charge on any atom is -0.368 e. The molecule has 3 rings (SSSR count). The molecule has 0 radical (unpaired) electrons. The normalized spacial score (nSPS) is 18.2. The van der Waals surface area contributed by atoms with E-state index in [0.29, 0.717) is 32.1 Å². The number of anilines is 1. The van der Waals surface area contributed by atoms with E-state index in [4.69, 9.17) is 4.74 Å². The molecule has 146 valence electrons. The summed E-state index contributed by atoms with van der Waals surface area (Å²) in [7, 11) is 3.78. The molecule has 1 saturated heterocycles. The second kappa shape index (κ2) is 8.34. The smallest absolute Gasteiger partial charge is 0.317 e. The number of rotatable bonds is 5. The molecule has 2 N–H and O–H groups in total. The summed E-state index contributed by atoms with van der Waals surface area (Å²) in [6, 6.07) is 3.72. The third-order valence-electron chi connectivity index (χ3n) is 4.39. The van der Waals surface area contributed by atoms with Gasteiger partial charge in [0.2, 0.25) is 5.95 Å². The molecule has 9 heteroatoms. The van der Waals surface area contributed by atoms with Crippen LogP contribution in [0.25, 0.3) is 0 Å². The highest BCUT2D eigenvalue weighted by Gasteiger charge is 2.27. The summed E-state index contributed by atoms with van der Waals surface area (Å²) in [6.45, 7) is 5.44. The molecule has 0 aliphatic carbocycles. The van der Waals surface area contributed by atoms with Gasteiger partial charge < -0.3 is 19.9 Å². The lowest BCUT2D eigenvalue weighted by Gasteiger charge is -2.33. The average molecular weight is 373 g/mol. The van der Waals surface area contributed by atoms with Crippen LogP contribution in [0.4, 0.5) is 10.7 Å². The first-order chi connectivity index (χ1) is 12.9. The van der Waals surface area contributed by atoms with Gasteiger partial charge in [-0.15, -0.1) is 0 Å². The molecule has 2 aromatic heterocycles. The fraction of sp³-hybridized carbons (Fsp3) is 0.556. The SMILES string of the molecule is Cc1cc(CC(C)NC(=O)N2CCOC(c3ccnc(N(C)C)n3)C2)n[nH]1. The van der Waals surface area contributed by atoms with Gasteiger partial charge in [0, 0.05) is 45.0 Å². The molecule has 0 spiro atoms. The number of morpholine rings is 1. The van der Waals surface area contributed by atoms with E-state index in [1.807, 2.05) is 45.0 Å². The number of aryl methyl sites for hydroxylation is 1. The zero-order valence-corrected chi connectivity index (χ0v) is 16.3. The Morgan fingerprint density at radius 2 is 2.33 bits per heavy atom. The van der Waals surface area contributed by atoms with Crippen LogP contribution in [-0.2, 0) is 11.2 Å². The number of aromatic nitrogens is 4. The summed E-state index contributed by atoms with van der Waals surface area (Å²) < 4.78 is 5.84. The first-order valence-electron chi connectivity index (χ1n) is 9.10. The van der Waals surface area contributed by atoms with Crippen molar-refractivity contribution in [1.82, 2.24) is 30.4 Å². The van der Waals surface area contributed by atoms with E-state index in [1.54, 1.807) is 11.1 Å². The van der Waals surface area contributed by atoms with Crippen molar-refractivity contribution in [2.75, 3.05) is 38.7 Å². The average Bonchev–Trinajstić information content (AvgIpc) is 3.06. The van der Waals surface area contributed by atoms with Gasteiger partial charge in [-0.1, -0.05) is 0 Å². The number of hydrogen-bond donors (Lipinski definition) is 2. The molecule has 2 aromatic rings. The van der Waals surface area contributed by atoms with E-state index >= 15 is 0 Å². The molecule has 2 amide bonds. The Hall–Kier alpha value is -2.68. The minimum atomic E-state index is -0.254. The lowest BCUT2D eigenvalue weighted by molar-refractivity contribution is -0.0179. The van der Waals surface area contributed by atoms with Gasteiger partial charge in [0.05, 0.1) is 24.5 Å². The molecule has 9 nitrogen and oxygen atoms in total. The number of urea groups is 1. The number of amides is 2. The van der Waals surface area contributed by atoms with Crippen LogP contribution in [0.15, 0.2) is 18.3 Å². The Kier molecular flexibility index (Phi) is 5.90. The number of H-pyrrole nitrogens is 1. The van der Waals surface area contributed by atoms with Crippen LogP contribution in [0.2, 0.25) is 0 Å². The van der Waals surface area contributed by atoms with Crippen molar-refractivity contribution in [1.29, 1.82) is 0 Å². The van der Waals surface area contributed by atoms with Gasteiger partial charge in [0.25, 0.3) is 0 Å². The topological polar surface area (TPSA) is 99.3 Å². The molecule has 0 saturated carbocycles. The maximum absolute atomic E-state index is 12.6. The van der Waals surface area contributed by atoms with Crippen molar-refractivity contribution in [3.05, 3.63) is 35.4 Å². The molecule has 0 bridgehead atoms. The van der Waals surface area contributed by atoms with Crippen LogP contribution in [0.1, 0.15) is 30.1 Å². The summed E-state index contributed by atoms with van der Waals surface area (Å²) >= 11 is 0. The first kappa shape index (κ1) is 19.1. The molecule has 2 atom stereocenters. The van der Waals surface area contributed by atoms with E-state index in [2.05, 4.69) is 25.5 Å². The van der Waals surface area contributed by atoms with E-state index < -0.39 is 0 Å². The number of aromatic amines is 1. The molecule has 1 fully saturated rings. The highest BCUT2D eigenvalue weighted by Crippen LogP contribution is 2.21. The maximum atomic E-state index is 12.6. The molecular weight excluding hydrogens is 346 g/mol. The van der Waals surface area contributed by atoms with Gasteiger partial charge in [-0.3, -0.25) is 5.10 Å². The van der Waals surface area contributed by atoms with Crippen molar-refractivity contribution >= 4 is 12.0 Å². The van der Waals surface area contributed by atoms with E-state index in [1.165, 1.54) is 0 Å². The summed E-state index contributed by atoms with van der Waals surface area (Å²) in [5.41, 5.74) is 2.74. The Morgan fingerprint density at radius 3 is 3.04 bits per heavy atom. The predicted molar refractivity (Wildman–Crippen MR) is 102 cm³/mol. The summed E-state index contributed by atoms with van der Waals surface area (Å²) in [4.78, 5) is 25.0. The van der Waals surface area contributed by atoms with Gasteiger partial charge in [-0.05, 0) is 26.0 Å². The molecule has 1 aliphatic rings. The van der Waals surface area contributed by atoms with Gasteiger partial charge >= 0.3 is 6.03 Å². The number of hydrogen-bond acceptors (Lipinski definition) is 6. The molecular formula is C18H27N7O2. The van der Waals surface area contributed by atoms with Crippen molar-refractivity contribution in [3.63, 3.8) is 0 Å². The van der Waals surface area contributed by atoms with Crippen molar-refractivity contribution in [3.8, 4) is 0 Å². The third-order valence-corrected chi connectivity index (χ3v) is 4.39. The monoisotopic (exact) mass is 373 g/mol. The quantitative estimate of drug-likeness (QED) is 0.819.